The van der Waals surface area contributed by atoms with Crippen molar-refractivity contribution < 1.29 is 24.2 Å². The predicted octanol–water partition coefficient (Wildman–Crippen LogP) is 17.0. The van der Waals surface area contributed by atoms with E-state index in [4.69, 9.17) is 9.47 Å². The zero-order chi connectivity index (χ0) is 42.3. The predicted molar refractivity (Wildman–Crippen MR) is 251 cm³/mol. The van der Waals surface area contributed by atoms with Gasteiger partial charge in [-0.25, -0.2) is 0 Å². The fourth-order valence-corrected chi connectivity index (χ4v) is 7.91. The lowest BCUT2D eigenvalue weighted by Gasteiger charge is -2.26. The zero-order valence-electron chi connectivity index (χ0n) is 39.2. The first-order valence-electron chi connectivity index (χ1n) is 25.9. The van der Waals surface area contributed by atoms with E-state index < -0.39 is 12.2 Å². The van der Waals surface area contributed by atoms with Gasteiger partial charge in [0.25, 0.3) is 0 Å². The van der Waals surface area contributed by atoms with Crippen molar-refractivity contribution in [3.05, 3.63) is 24.3 Å². The number of rotatable bonds is 47. The van der Waals surface area contributed by atoms with Crippen molar-refractivity contribution in [1.29, 1.82) is 0 Å². The molecule has 58 heavy (non-hydrogen) atoms. The van der Waals surface area contributed by atoms with Crippen LogP contribution in [-0.4, -0.2) is 35.9 Å². The maximum absolute atomic E-state index is 13.0. The Labute approximate surface area is 362 Å². The monoisotopic (exact) mass is 817 g/mol. The second-order valence-corrected chi connectivity index (χ2v) is 17.6. The van der Waals surface area contributed by atoms with Gasteiger partial charge in [-0.3, -0.25) is 9.59 Å². The van der Waals surface area contributed by atoms with Gasteiger partial charge in [-0.1, -0.05) is 238 Å². The average molecular weight is 817 g/mol. The molecule has 0 rings (SSSR count). The van der Waals surface area contributed by atoms with Gasteiger partial charge < -0.3 is 14.6 Å². The highest BCUT2D eigenvalue weighted by Crippen LogP contribution is 2.20. The molecule has 0 radical (unpaired) electrons. The molecule has 0 bridgehead atoms. The third-order valence-electron chi connectivity index (χ3n) is 11.8. The Morgan fingerprint density at radius 1 is 0.379 bits per heavy atom. The molecule has 0 aromatic carbocycles. The summed E-state index contributed by atoms with van der Waals surface area (Å²) in [5.74, 6) is -0.504. The molecule has 0 heterocycles. The number of esters is 2. The number of aliphatic hydroxyl groups is 1. The van der Waals surface area contributed by atoms with Crippen molar-refractivity contribution in [2.45, 2.75) is 296 Å². The molecule has 1 N–H and O–H groups in total. The smallest absolute Gasteiger partial charge is 0.306 e. The van der Waals surface area contributed by atoms with E-state index in [0.717, 1.165) is 70.6 Å². The van der Waals surface area contributed by atoms with Crippen LogP contribution >= 0.6 is 0 Å². The molecule has 0 spiro atoms. The van der Waals surface area contributed by atoms with Crippen LogP contribution in [0, 0.1) is 0 Å². The lowest BCUT2D eigenvalue weighted by atomic mass is 10.0. The largest absolute Gasteiger partial charge is 0.458 e. The van der Waals surface area contributed by atoms with E-state index in [9.17, 15) is 14.7 Å². The lowest BCUT2D eigenvalue weighted by molar-refractivity contribution is -0.172. The Kier molecular flexibility index (Phi) is 46.7. The van der Waals surface area contributed by atoms with Crippen LogP contribution in [0.5, 0.6) is 0 Å². The number of aliphatic hydroxyl groups excluding tert-OH is 1. The summed E-state index contributed by atoms with van der Waals surface area (Å²) >= 11 is 0. The van der Waals surface area contributed by atoms with Crippen molar-refractivity contribution in [1.82, 2.24) is 0 Å². The molecule has 0 aromatic heterocycles. The van der Waals surface area contributed by atoms with E-state index in [1.54, 1.807) is 0 Å². The van der Waals surface area contributed by atoms with Gasteiger partial charge in [-0.05, 0) is 57.8 Å². The van der Waals surface area contributed by atoms with Crippen molar-refractivity contribution >= 4 is 11.9 Å². The number of carbonyl (C=O) groups is 2. The van der Waals surface area contributed by atoms with Crippen LogP contribution in [0.4, 0.5) is 0 Å². The Morgan fingerprint density at radius 3 is 1.05 bits per heavy atom. The minimum Gasteiger partial charge on any atom is -0.458 e. The van der Waals surface area contributed by atoms with Crippen LogP contribution < -0.4 is 0 Å². The first kappa shape index (κ1) is 56.4. The zero-order valence-corrected chi connectivity index (χ0v) is 39.2. The average Bonchev–Trinajstić information content (AvgIpc) is 3.22. The number of allylic oxidation sites excluding steroid dienone is 4. The summed E-state index contributed by atoms with van der Waals surface area (Å²) in [6, 6.07) is 0. The maximum Gasteiger partial charge on any atom is 0.306 e. The Balaban J connectivity index is 4.51. The first-order valence-corrected chi connectivity index (χ1v) is 25.9. The second kappa shape index (κ2) is 48.1. The summed E-state index contributed by atoms with van der Waals surface area (Å²) in [5.41, 5.74) is 0. The summed E-state index contributed by atoms with van der Waals surface area (Å²) in [4.78, 5) is 25.8. The van der Waals surface area contributed by atoms with Gasteiger partial charge in [-0.2, -0.15) is 0 Å². The molecule has 2 unspecified atom stereocenters. The van der Waals surface area contributed by atoms with Gasteiger partial charge >= 0.3 is 11.9 Å². The minimum absolute atomic E-state index is 0.223. The Bertz CT molecular complexity index is 897. The van der Waals surface area contributed by atoms with Crippen LogP contribution in [0.3, 0.4) is 0 Å². The standard InChI is InChI=1S/C53H100O5/c1-4-7-10-13-16-19-22-25-26-27-30-31-34-37-40-43-46-50(57-52(55)47-44-41-38-35-32-28-23-20-17-14-11-8-5-2)51(49-54)58-53(56)48-45-42-39-36-33-29-24-21-18-15-12-9-6-3/h16,19,25-26,50-51,54H,4-15,17-18,20-24,27-49H2,1-3H3. The van der Waals surface area contributed by atoms with E-state index in [0.29, 0.717) is 19.3 Å². The first-order chi connectivity index (χ1) is 28.6. The minimum atomic E-state index is -0.789. The van der Waals surface area contributed by atoms with Crippen molar-refractivity contribution in [2.75, 3.05) is 6.61 Å². The van der Waals surface area contributed by atoms with Crippen LogP contribution in [0.15, 0.2) is 24.3 Å². The molecule has 2 atom stereocenters. The lowest BCUT2D eigenvalue weighted by Crippen LogP contribution is -2.38. The van der Waals surface area contributed by atoms with E-state index in [2.05, 4.69) is 45.1 Å². The highest BCUT2D eigenvalue weighted by atomic mass is 16.6. The van der Waals surface area contributed by atoms with Gasteiger partial charge in [-0.15, -0.1) is 0 Å². The molecule has 0 aliphatic rings. The molecule has 0 fully saturated rings. The quantitative estimate of drug-likeness (QED) is 0.0376. The van der Waals surface area contributed by atoms with Gasteiger partial charge in [0.1, 0.15) is 6.10 Å². The number of hydrogen-bond donors (Lipinski definition) is 1. The van der Waals surface area contributed by atoms with Crippen LogP contribution in [-0.2, 0) is 19.1 Å². The topological polar surface area (TPSA) is 72.8 Å². The van der Waals surface area contributed by atoms with Gasteiger partial charge in [0.05, 0.1) is 6.61 Å². The molecular weight excluding hydrogens is 717 g/mol. The van der Waals surface area contributed by atoms with Gasteiger partial charge in [0.15, 0.2) is 6.10 Å². The van der Waals surface area contributed by atoms with E-state index in [1.807, 2.05) is 0 Å². The van der Waals surface area contributed by atoms with Crippen LogP contribution in [0.1, 0.15) is 284 Å². The van der Waals surface area contributed by atoms with Gasteiger partial charge in [0.2, 0.25) is 0 Å². The molecule has 5 heteroatoms. The SMILES string of the molecule is CCCCCC=CCC=CCCCCCCCCC(OC(=O)CCCCCCCCCCCCCCC)C(CO)OC(=O)CCCCCCCCCCCCCCC. The van der Waals surface area contributed by atoms with Gasteiger partial charge in [0, 0.05) is 12.8 Å². The number of ether oxygens (including phenoxy) is 2. The van der Waals surface area contributed by atoms with Crippen LogP contribution in [0.25, 0.3) is 0 Å². The summed E-state index contributed by atoms with van der Waals surface area (Å²) in [7, 11) is 0. The molecule has 342 valence electrons. The summed E-state index contributed by atoms with van der Waals surface area (Å²) < 4.78 is 11.8. The normalized spacial score (nSPS) is 12.8. The van der Waals surface area contributed by atoms with E-state index >= 15 is 0 Å². The van der Waals surface area contributed by atoms with Crippen molar-refractivity contribution in [3.8, 4) is 0 Å². The highest BCUT2D eigenvalue weighted by Gasteiger charge is 2.28. The Morgan fingerprint density at radius 2 is 0.672 bits per heavy atom. The van der Waals surface area contributed by atoms with E-state index in [-0.39, 0.29) is 18.5 Å². The number of hydrogen-bond acceptors (Lipinski definition) is 5. The second-order valence-electron chi connectivity index (χ2n) is 17.6. The molecule has 0 saturated heterocycles. The fraction of sp³-hybridized carbons (Fsp3) is 0.887. The summed E-state index contributed by atoms with van der Waals surface area (Å²) in [5, 5.41) is 10.3. The molecular formula is C53H100O5. The number of unbranched alkanes of at least 4 members (excludes halogenated alkanes) is 33. The number of carbonyl (C=O) groups excluding carboxylic acids is 2. The van der Waals surface area contributed by atoms with E-state index in [1.165, 1.54) is 173 Å². The summed E-state index contributed by atoms with van der Waals surface area (Å²) in [6.45, 7) is 6.47. The molecule has 0 saturated carbocycles. The molecule has 0 aromatic rings. The van der Waals surface area contributed by atoms with Crippen molar-refractivity contribution in [2.24, 2.45) is 0 Å². The molecule has 0 aliphatic heterocycles. The third kappa shape index (κ3) is 42.5. The highest BCUT2D eigenvalue weighted by molar-refractivity contribution is 5.70. The third-order valence-corrected chi connectivity index (χ3v) is 11.8. The maximum atomic E-state index is 13.0. The van der Waals surface area contributed by atoms with Crippen LogP contribution in [0.2, 0.25) is 0 Å². The molecule has 0 aliphatic carbocycles. The molecule has 0 amide bonds. The Hall–Kier alpha value is -1.62. The molecule has 5 nitrogen and oxygen atoms in total. The fourth-order valence-electron chi connectivity index (χ4n) is 7.91. The summed E-state index contributed by atoms with van der Waals surface area (Å²) in [6.07, 6.45) is 56.1. The van der Waals surface area contributed by atoms with Crippen molar-refractivity contribution in [3.63, 3.8) is 0 Å².